The molecule has 22 heavy (non-hydrogen) atoms. The predicted molar refractivity (Wildman–Crippen MR) is 91.7 cm³/mol. The number of halogens is 2. The van der Waals surface area contributed by atoms with E-state index in [1.165, 1.54) is 11.8 Å². The van der Waals surface area contributed by atoms with E-state index in [1.54, 1.807) is 24.3 Å². The molecule has 5 nitrogen and oxygen atoms in total. The number of nitrogens with one attached hydrogen (secondary N) is 2. The van der Waals surface area contributed by atoms with Crippen LogP contribution >= 0.6 is 35.0 Å². The van der Waals surface area contributed by atoms with Crippen molar-refractivity contribution in [2.45, 2.75) is 11.7 Å². The Balaban J connectivity index is 1.93. The van der Waals surface area contributed by atoms with Gasteiger partial charge in [-0.2, -0.15) is 0 Å². The maximum absolute atomic E-state index is 12.0. The van der Waals surface area contributed by atoms with Crippen LogP contribution in [0.3, 0.4) is 0 Å². The van der Waals surface area contributed by atoms with Crippen LogP contribution in [-0.2, 0) is 9.59 Å². The van der Waals surface area contributed by atoms with E-state index in [9.17, 15) is 9.59 Å². The van der Waals surface area contributed by atoms with Crippen LogP contribution in [0, 0.1) is 0 Å². The average molecular weight is 358 g/mol. The molecule has 1 aromatic carbocycles. The standard InChI is InChI=1S/C14H13Cl2N3O2S/c1-2-5-17-14-19-13(21)11(22-14)7-12(20)18-8-3-4-9(15)10(16)6-8/h2-4,6,11H,1,5,7H2,(H,18,20)(H,17,19,21)/t11-/m1/s1. The Morgan fingerprint density at radius 3 is 2.91 bits per heavy atom. The van der Waals surface area contributed by atoms with Crippen LogP contribution in [0.2, 0.25) is 10.0 Å². The average Bonchev–Trinajstić information content (AvgIpc) is 2.81. The monoisotopic (exact) mass is 357 g/mol. The summed E-state index contributed by atoms with van der Waals surface area (Å²) in [6, 6.07) is 4.79. The lowest BCUT2D eigenvalue weighted by molar-refractivity contribution is -0.122. The molecule has 1 heterocycles. The number of nitrogens with zero attached hydrogens (tertiary/aromatic N) is 1. The minimum atomic E-state index is -0.494. The lowest BCUT2D eigenvalue weighted by atomic mass is 10.2. The van der Waals surface area contributed by atoms with Gasteiger partial charge in [0.2, 0.25) is 11.8 Å². The van der Waals surface area contributed by atoms with Crippen LogP contribution in [0.15, 0.2) is 35.8 Å². The van der Waals surface area contributed by atoms with Crippen LogP contribution in [0.4, 0.5) is 5.69 Å². The van der Waals surface area contributed by atoms with Crippen LogP contribution in [0.25, 0.3) is 0 Å². The first kappa shape index (κ1) is 16.9. The second-order valence-corrected chi connectivity index (χ2v) is 6.42. The van der Waals surface area contributed by atoms with Gasteiger partial charge in [0, 0.05) is 12.1 Å². The zero-order valence-electron chi connectivity index (χ0n) is 11.4. The normalized spacial score (nSPS) is 19.1. The van der Waals surface area contributed by atoms with Crippen molar-refractivity contribution in [3.05, 3.63) is 40.9 Å². The summed E-state index contributed by atoms with van der Waals surface area (Å²) in [5, 5.41) is 6.10. The topological polar surface area (TPSA) is 70.6 Å². The predicted octanol–water partition coefficient (Wildman–Crippen LogP) is 3.10. The van der Waals surface area contributed by atoms with Crippen LogP contribution < -0.4 is 10.6 Å². The molecular formula is C14H13Cl2N3O2S. The summed E-state index contributed by atoms with van der Waals surface area (Å²) in [7, 11) is 0. The molecule has 1 aromatic rings. The fourth-order valence-electron chi connectivity index (χ4n) is 1.72. The van der Waals surface area contributed by atoms with E-state index < -0.39 is 5.25 Å². The molecule has 0 aromatic heterocycles. The minimum absolute atomic E-state index is 0.0455. The Labute approximate surface area is 142 Å². The molecule has 0 aliphatic carbocycles. The van der Waals surface area contributed by atoms with E-state index in [0.717, 1.165) is 0 Å². The molecule has 0 spiro atoms. The Morgan fingerprint density at radius 1 is 1.45 bits per heavy atom. The van der Waals surface area contributed by atoms with Gasteiger partial charge in [-0.1, -0.05) is 41.0 Å². The Kier molecular flexibility index (Phi) is 5.88. The summed E-state index contributed by atoms with van der Waals surface area (Å²) in [5.41, 5.74) is 0.531. The molecule has 0 bridgehead atoms. The van der Waals surface area contributed by atoms with Gasteiger partial charge in [-0.05, 0) is 18.2 Å². The summed E-state index contributed by atoms with van der Waals surface area (Å²) in [4.78, 5) is 27.9. The SMILES string of the molecule is C=CCN=C1NC(=O)[C@@H](CC(=O)Nc2ccc(Cl)c(Cl)c2)S1. The summed E-state index contributed by atoms with van der Waals surface area (Å²) in [6.45, 7) is 3.98. The van der Waals surface area contributed by atoms with Gasteiger partial charge < -0.3 is 10.6 Å². The van der Waals surface area contributed by atoms with Gasteiger partial charge in [-0.25, -0.2) is 0 Å². The van der Waals surface area contributed by atoms with Crippen LogP contribution in [-0.4, -0.2) is 28.8 Å². The van der Waals surface area contributed by atoms with Crippen molar-refractivity contribution >= 4 is 57.6 Å². The van der Waals surface area contributed by atoms with E-state index in [-0.39, 0.29) is 18.2 Å². The summed E-state index contributed by atoms with van der Waals surface area (Å²) in [6.07, 6.45) is 1.67. The van der Waals surface area contributed by atoms with Gasteiger partial charge in [0.05, 0.1) is 16.6 Å². The lowest BCUT2D eigenvalue weighted by Crippen LogP contribution is -2.28. The largest absolute Gasteiger partial charge is 0.326 e. The first-order chi connectivity index (χ1) is 10.5. The zero-order chi connectivity index (χ0) is 16.1. The van der Waals surface area contributed by atoms with Crippen molar-refractivity contribution in [1.82, 2.24) is 5.32 Å². The molecule has 0 unspecified atom stereocenters. The van der Waals surface area contributed by atoms with Gasteiger partial charge in [0.25, 0.3) is 0 Å². The number of aliphatic imine (C=N–C) groups is 1. The molecule has 1 aliphatic rings. The van der Waals surface area contributed by atoms with Crippen molar-refractivity contribution in [1.29, 1.82) is 0 Å². The van der Waals surface area contributed by atoms with Gasteiger partial charge in [-0.15, -0.1) is 6.58 Å². The fraction of sp³-hybridized carbons (Fsp3) is 0.214. The molecule has 1 fully saturated rings. The van der Waals surface area contributed by atoms with Crippen LogP contribution in [0.5, 0.6) is 0 Å². The highest BCUT2D eigenvalue weighted by Crippen LogP contribution is 2.26. The molecule has 0 radical (unpaired) electrons. The smallest absolute Gasteiger partial charge is 0.240 e. The van der Waals surface area contributed by atoms with Crippen molar-refractivity contribution in [2.75, 3.05) is 11.9 Å². The van der Waals surface area contributed by atoms with Crippen molar-refractivity contribution in [3.8, 4) is 0 Å². The molecule has 8 heteroatoms. The number of anilines is 1. The highest BCUT2D eigenvalue weighted by atomic mass is 35.5. The molecule has 1 saturated heterocycles. The third-order valence-electron chi connectivity index (χ3n) is 2.71. The third kappa shape index (κ3) is 4.50. The van der Waals surface area contributed by atoms with Gasteiger partial charge in [-0.3, -0.25) is 14.6 Å². The first-order valence-electron chi connectivity index (χ1n) is 6.37. The van der Waals surface area contributed by atoms with Crippen LogP contribution in [0.1, 0.15) is 6.42 Å². The van der Waals surface area contributed by atoms with Gasteiger partial charge in [0.15, 0.2) is 5.17 Å². The minimum Gasteiger partial charge on any atom is -0.326 e. The third-order valence-corrected chi connectivity index (χ3v) is 4.57. The number of amides is 2. The van der Waals surface area contributed by atoms with Crippen molar-refractivity contribution in [3.63, 3.8) is 0 Å². The summed E-state index contributed by atoms with van der Waals surface area (Å²) < 4.78 is 0. The maximum atomic E-state index is 12.0. The number of hydrogen-bond donors (Lipinski definition) is 2. The Hall–Kier alpha value is -1.50. The highest BCUT2D eigenvalue weighted by Gasteiger charge is 2.31. The summed E-state index contributed by atoms with van der Waals surface area (Å²) >= 11 is 12.9. The molecule has 2 N–H and O–H groups in total. The molecule has 1 aliphatic heterocycles. The fourth-order valence-corrected chi connectivity index (χ4v) is 2.99. The molecule has 1 atom stereocenters. The first-order valence-corrected chi connectivity index (χ1v) is 8.01. The molecule has 0 saturated carbocycles. The van der Waals surface area contributed by atoms with Crippen molar-refractivity contribution < 1.29 is 9.59 Å². The number of benzene rings is 1. The number of hydrogen-bond acceptors (Lipinski definition) is 4. The zero-order valence-corrected chi connectivity index (χ0v) is 13.8. The molecule has 2 amide bonds. The maximum Gasteiger partial charge on any atom is 0.240 e. The lowest BCUT2D eigenvalue weighted by Gasteiger charge is -2.08. The molecular weight excluding hydrogens is 345 g/mol. The van der Waals surface area contributed by atoms with E-state index in [1.807, 2.05) is 0 Å². The number of thioether (sulfide) groups is 1. The molecule has 116 valence electrons. The summed E-state index contributed by atoms with van der Waals surface area (Å²) in [5.74, 6) is -0.506. The van der Waals surface area contributed by atoms with Gasteiger partial charge >= 0.3 is 0 Å². The Morgan fingerprint density at radius 2 is 2.23 bits per heavy atom. The number of amidine groups is 1. The number of carbonyl (C=O) groups excluding carboxylic acids is 2. The number of rotatable bonds is 5. The van der Waals surface area contributed by atoms with E-state index >= 15 is 0 Å². The molecule has 2 rings (SSSR count). The number of carbonyl (C=O) groups is 2. The second-order valence-electron chi connectivity index (χ2n) is 4.41. The Bertz CT molecular complexity index is 649. The quantitative estimate of drug-likeness (QED) is 0.795. The van der Waals surface area contributed by atoms with E-state index in [4.69, 9.17) is 23.2 Å². The van der Waals surface area contributed by atoms with E-state index in [0.29, 0.717) is 27.4 Å². The van der Waals surface area contributed by atoms with Crippen molar-refractivity contribution in [2.24, 2.45) is 4.99 Å². The highest BCUT2D eigenvalue weighted by molar-refractivity contribution is 8.15. The second kappa shape index (κ2) is 7.67. The van der Waals surface area contributed by atoms with E-state index in [2.05, 4.69) is 22.2 Å². The van der Waals surface area contributed by atoms with Gasteiger partial charge in [0.1, 0.15) is 5.25 Å².